The lowest BCUT2D eigenvalue weighted by atomic mass is 10.2. The first-order valence-electron chi connectivity index (χ1n) is 4.73. The average Bonchev–Trinajstić information content (AvgIpc) is 2.13. The Kier molecular flexibility index (Phi) is 4.43. The molecule has 0 aromatic heterocycles. The third-order valence-corrected chi connectivity index (χ3v) is 3.79. The van der Waals surface area contributed by atoms with Crippen LogP contribution in [0.25, 0.3) is 0 Å². The Hall–Kier alpha value is -0.500. The number of rotatable bonds is 4. The summed E-state index contributed by atoms with van der Waals surface area (Å²) in [5.41, 5.74) is 7.40. The number of hydrogen-bond acceptors (Lipinski definition) is 4. The van der Waals surface area contributed by atoms with Crippen molar-refractivity contribution in [2.24, 2.45) is 0 Å². The van der Waals surface area contributed by atoms with Crippen molar-refractivity contribution in [3.8, 4) is 0 Å². The third kappa shape index (κ3) is 4.17. The Morgan fingerprint density at radius 3 is 2.56 bits per heavy atom. The van der Waals surface area contributed by atoms with E-state index in [1.807, 2.05) is 30.1 Å². The Morgan fingerprint density at radius 1 is 1.44 bits per heavy atom. The van der Waals surface area contributed by atoms with E-state index in [-0.39, 0.29) is 5.75 Å². The van der Waals surface area contributed by atoms with Gasteiger partial charge in [-0.25, -0.2) is 8.42 Å². The van der Waals surface area contributed by atoms with Crippen LogP contribution in [0.1, 0.15) is 0 Å². The first kappa shape index (κ1) is 13.6. The van der Waals surface area contributed by atoms with Crippen LogP contribution >= 0.6 is 22.6 Å². The molecule has 2 N–H and O–H groups in total. The second-order valence-corrected chi connectivity index (χ2v) is 7.26. The van der Waals surface area contributed by atoms with Gasteiger partial charge in [0.25, 0.3) is 0 Å². The standard InChI is InChI=1S/C10H15IN2O2S/c1-13(5-6-16(2,14)15)10-4-3-8(11)7-9(10)12/h3-4,7H,5-6,12H2,1-2H3. The van der Waals surface area contributed by atoms with Crippen LogP contribution in [0.4, 0.5) is 11.4 Å². The lowest BCUT2D eigenvalue weighted by Crippen LogP contribution is -2.25. The number of halogens is 1. The second kappa shape index (κ2) is 5.22. The monoisotopic (exact) mass is 354 g/mol. The van der Waals surface area contributed by atoms with Gasteiger partial charge in [0.05, 0.1) is 17.1 Å². The van der Waals surface area contributed by atoms with Crippen LogP contribution in [-0.4, -0.2) is 34.0 Å². The minimum Gasteiger partial charge on any atom is -0.397 e. The van der Waals surface area contributed by atoms with Gasteiger partial charge in [0, 0.05) is 23.4 Å². The number of hydrogen-bond donors (Lipinski definition) is 1. The van der Waals surface area contributed by atoms with Crippen LogP contribution in [0, 0.1) is 3.57 Å². The van der Waals surface area contributed by atoms with Crippen LogP contribution in [-0.2, 0) is 9.84 Å². The molecule has 0 aliphatic rings. The van der Waals surface area contributed by atoms with Gasteiger partial charge in [0.2, 0.25) is 0 Å². The van der Waals surface area contributed by atoms with Gasteiger partial charge in [-0.3, -0.25) is 0 Å². The van der Waals surface area contributed by atoms with Crippen LogP contribution in [0.5, 0.6) is 0 Å². The molecular weight excluding hydrogens is 339 g/mol. The number of benzene rings is 1. The minimum atomic E-state index is -2.93. The van der Waals surface area contributed by atoms with Gasteiger partial charge in [-0.2, -0.15) is 0 Å². The fourth-order valence-electron chi connectivity index (χ4n) is 1.30. The fourth-order valence-corrected chi connectivity index (χ4v) is 2.42. The van der Waals surface area contributed by atoms with E-state index in [4.69, 9.17) is 5.73 Å². The summed E-state index contributed by atoms with van der Waals surface area (Å²) in [4.78, 5) is 1.85. The highest BCUT2D eigenvalue weighted by atomic mass is 127. The van der Waals surface area contributed by atoms with Gasteiger partial charge in [-0.1, -0.05) is 0 Å². The fraction of sp³-hybridized carbons (Fsp3) is 0.400. The number of nitrogens with zero attached hydrogens (tertiary/aromatic N) is 1. The molecular formula is C10H15IN2O2S. The molecule has 0 unspecified atom stereocenters. The van der Waals surface area contributed by atoms with Crippen molar-refractivity contribution in [1.29, 1.82) is 0 Å². The zero-order valence-corrected chi connectivity index (χ0v) is 12.2. The summed E-state index contributed by atoms with van der Waals surface area (Å²) in [6.45, 7) is 0.448. The van der Waals surface area contributed by atoms with E-state index in [0.717, 1.165) is 9.26 Å². The van der Waals surface area contributed by atoms with Gasteiger partial charge in [0.1, 0.15) is 9.84 Å². The Labute approximate surface area is 110 Å². The lowest BCUT2D eigenvalue weighted by Gasteiger charge is -2.20. The van der Waals surface area contributed by atoms with Crippen molar-refractivity contribution < 1.29 is 8.42 Å². The Balaban J connectivity index is 2.77. The molecule has 6 heteroatoms. The van der Waals surface area contributed by atoms with E-state index in [2.05, 4.69) is 22.6 Å². The summed E-state index contributed by atoms with van der Waals surface area (Å²) in [5, 5.41) is 0. The van der Waals surface area contributed by atoms with E-state index >= 15 is 0 Å². The van der Waals surface area contributed by atoms with Crippen LogP contribution in [0.2, 0.25) is 0 Å². The maximum atomic E-state index is 11.0. The van der Waals surface area contributed by atoms with Gasteiger partial charge in [-0.15, -0.1) is 0 Å². The molecule has 16 heavy (non-hydrogen) atoms. The smallest absolute Gasteiger partial charge is 0.149 e. The zero-order valence-electron chi connectivity index (χ0n) is 9.27. The van der Waals surface area contributed by atoms with E-state index in [0.29, 0.717) is 12.2 Å². The molecule has 0 radical (unpaired) electrons. The number of nitrogens with two attached hydrogens (primary N) is 1. The minimum absolute atomic E-state index is 0.134. The summed E-state index contributed by atoms with van der Waals surface area (Å²) in [6.07, 6.45) is 1.23. The molecule has 0 aliphatic carbocycles. The number of anilines is 2. The molecule has 0 amide bonds. The molecule has 1 rings (SSSR count). The van der Waals surface area contributed by atoms with Crippen molar-refractivity contribution in [2.45, 2.75) is 0 Å². The highest BCUT2D eigenvalue weighted by Crippen LogP contribution is 2.23. The molecule has 0 fully saturated rings. The summed E-state index contributed by atoms with van der Waals surface area (Å²) >= 11 is 2.19. The normalized spacial score (nSPS) is 11.4. The Morgan fingerprint density at radius 2 is 2.06 bits per heavy atom. The van der Waals surface area contributed by atoms with Gasteiger partial charge >= 0.3 is 0 Å². The quantitative estimate of drug-likeness (QED) is 0.655. The van der Waals surface area contributed by atoms with Gasteiger partial charge < -0.3 is 10.6 Å². The first-order valence-corrected chi connectivity index (χ1v) is 7.87. The Bertz CT molecular complexity index is 474. The molecule has 1 aromatic carbocycles. The maximum absolute atomic E-state index is 11.0. The summed E-state index contributed by atoms with van der Waals surface area (Å²) in [6, 6.07) is 5.72. The van der Waals surface area contributed by atoms with Crippen LogP contribution in [0.3, 0.4) is 0 Å². The van der Waals surface area contributed by atoms with Gasteiger partial charge in [0.15, 0.2) is 0 Å². The van der Waals surface area contributed by atoms with Gasteiger partial charge in [-0.05, 0) is 40.8 Å². The van der Waals surface area contributed by atoms with Crippen LogP contribution < -0.4 is 10.6 Å². The summed E-state index contributed by atoms with van der Waals surface area (Å²) in [5.74, 6) is 0.134. The summed E-state index contributed by atoms with van der Waals surface area (Å²) in [7, 11) is -1.10. The number of nitrogen functional groups attached to an aromatic ring is 1. The molecule has 90 valence electrons. The third-order valence-electron chi connectivity index (χ3n) is 2.20. The molecule has 1 aromatic rings. The molecule has 4 nitrogen and oxygen atoms in total. The van der Waals surface area contributed by atoms with E-state index in [1.165, 1.54) is 6.26 Å². The molecule has 0 bridgehead atoms. The first-order chi connectivity index (χ1) is 7.29. The zero-order chi connectivity index (χ0) is 12.3. The van der Waals surface area contributed by atoms with Crippen molar-refractivity contribution in [1.82, 2.24) is 0 Å². The molecule has 0 atom stereocenters. The predicted molar refractivity (Wildman–Crippen MR) is 76.6 cm³/mol. The molecule has 0 spiro atoms. The van der Waals surface area contributed by atoms with Crippen molar-refractivity contribution in [3.05, 3.63) is 21.8 Å². The molecule has 0 saturated heterocycles. The predicted octanol–water partition coefficient (Wildman–Crippen LogP) is 1.35. The van der Waals surface area contributed by atoms with E-state index in [1.54, 1.807) is 0 Å². The van der Waals surface area contributed by atoms with Crippen LogP contribution in [0.15, 0.2) is 18.2 Å². The lowest BCUT2D eigenvalue weighted by molar-refractivity contribution is 0.601. The second-order valence-electron chi connectivity index (χ2n) is 3.75. The number of sulfone groups is 1. The molecule has 0 aliphatic heterocycles. The highest BCUT2D eigenvalue weighted by Gasteiger charge is 2.08. The van der Waals surface area contributed by atoms with Crippen molar-refractivity contribution in [2.75, 3.05) is 36.2 Å². The molecule has 0 saturated carbocycles. The topological polar surface area (TPSA) is 63.4 Å². The van der Waals surface area contributed by atoms with Crippen molar-refractivity contribution in [3.63, 3.8) is 0 Å². The maximum Gasteiger partial charge on any atom is 0.149 e. The molecule has 0 heterocycles. The van der Waals surface area contributed by atoms with Crippen molar-refractivity contribution >= 4 is 43.8 Å². The van der Waals surface area contributed by atoms with E-state index in [9.17, 15) is 8.42 Å². The SMILES string of the molecule is CN(CCS(C)(=O)=O)c1ccc(I)cc1N. The van der Waals surface area contributed by atoms with E-state index < -0.39 is 9.84 Å². The largest absolute Gasteiger partial charge is 0.397 e. The summed E-state index contributed by atoms with van der Waals surface area (Å²) < 4.78 is 23.2. The average molecular weight is 354 g/mol. The highest BCUT2D eigenvalue weighted by molar-refractivity contribution is 14.1.